The van der Waals surface area contributed by atoms with Crippen LogP contribution in [0.25, 0.3) is 40.4 Å². The molecule has 5 heterocycles. The van der Waals surface area contributed by atoms with Crippen molar-refractivity contribution in [3.8, 4) is 40.4 Å². The van der Waals surface area contributed by atoms with Gasteiger partial charge in [-0.25, -0.2) is 0 Å². The first-order valence-electron chi connectivity index (χ1n) is 13.2. The van der Waals surface area contributed by atoms with Crippen LogP contribution in [0.1, 0.15) is 52.0 Å². The van der Waals surface area contributed by atoms with Crippen LogP contribution < -0.4 is 5.19 Å². The maximum absolute atomic E-state index is 2.59. The van der Waals surface area contributed by atoms with E-state index in [1.54, 1.807) is 15.6 Å². The van der Waals surface area contributed by atoms with Crippen molar-refractivity contribution in [2.75, 3.05) is 0 Å². The zero-order valence-corrected chi connectivity index (χ0v) is 26.6. The Kier molecular flexibility index (Phi) is 9.15. The second kappa shape index (κ2) is 12.5. The van der Waals surface area contributed by atoms with E-state index < -0.39 is 8.80 Å². The topological polar surface area (TPSA) is 0 Å². The summed E-state index contributed by atoms with van der Waals surface area (Å²) in [5, 5.41) is 11.0. The lowest BCUT2D eigenvalue weighted by molar-refractivity contribution is 0.845. The van der Waals surface area contributed by atoms with Crippen molar-refractivity contribution in [3.63, 3.8) is 0 Å². The molecule has 188 valence electrons. The quantitative estimate of drug-likeness (QED) is 0.128. The molecule has 5 rings (SSSR count). The summed E-state index contributed by atoms with van der Waals surface area (Å²) in [5.74, 6) is 0. The summed E-state index contributed by atoms with van der Waals surface area (Å²) < 4.78 is 0. The highest BCUT2D eigenvalue weighted by molar-refractivity contribution is 7.28. The predicted molar refractivity (Wildman–Crippen MR) is 173 cm³/mol. The summed E-state index contributed by atoms with van der Waals surface area (Å²) in [6.07, 6.45) is 6.55. The lowest BCUT2D eigenvalue weighted by Crippen LogP contribution is -2.31. The highest BCUT2D eigenvalue weighted by Gasteiger charge is 2.28. The van der Waals surface area contributed by atoms with Crippen LogP contribution in [0, 0.1) is 0 Å². The minimum absolute atomic E-state index is 0.947. The summed E-state index contributed by atoms with van der Waals surface area (Å²) in [6, 6.07) is 16.5. The predicted octanol–water partition coefficient (Wildman–Crippen LogP) is 11.3. The molecule has 0 radical (unpaired) electrons. The molecule has 0 N–H and O–H groups in total. The van der Waals surface area contributed by atoms with Gasteiger partial charge in [0.2, 0.25) is 0 Å². The van der Waals surface area contributed by atoms with Crippen LogP contribution >= 0.6 is 56.7 Å². The zero-order valence-electron chi connectivity index (χ0n) is 21.3. The molecule has 0 aliphatic carbocycles. The molecule has 5 aromatic heterocycles. The fourth-order valence-electron chi connectivity index (χ4n) is 5.13. The number of unbranched alkanes of at least 4 members (excludes halogenated alkanes) is 2. The molecule has 0 fully saturated rings. The average Bonchev–Trinajstić information content (AvgIpc) is 3.72. The van der Waals surface area contributed by atoms with Gasteiger partial charge in [0, 0.05) is 30.6 Å². The van der Waals surface area contributed by atoms with Crippen LogP contribution in [0.5, 0.6) is 0 Å². The van der Waals surface area contributed by atoms with Gasteiger partial charge in [0.25, 0.3) is 0 Å². The molecule has 0 nitrogen and oxygen atoms in total. The van der Waals surface area contributed by atoms with Gasteiger partial charge < -0.3 is 0 Å². The van der Waals surface area contributed by atoms with Gasteiger partial charge in [-0.15, -0.1) is 56.7 Å². The monoisotopic (exact) mass is 582 g/mol. The van der Waals surface area contributed by atoms with Gasteiger partial charge in [0.15, 0.2) is 0 Å². The van der Waals surface area contributed by atoms with Gasteiger partial charge in [-0.3, -0.25) is 0 Å². The Morgan fingerprint density at radius 1 is 0.639 bits per heavy atom. The Bertz CT molecular complexity index is 1330. The van der Waals surface area contributed by atoms with Crippen molar-refractivity contribution < 1.29 is 0 Å². The van der Waals surface area contributed by atoms with E-state index in [0.717, 1.165) is 6.42 Å². The van der Waals surface area contributed by atoms with E-state index in [2.05, 4.69) is 78.7 Å². The fourth-order valence-corrected chi connectivity index (χ4v) is 14.9. The second-order valence-electron chi connectivity index (χ2n) is 9.28. The highest BCUT2D eigenvalue weighted by atomic mass is 32.1. The number of thiophene rings is 5. The van der Waals surface area contributed by atoms with E-state index >= 15 is 0 Å². The minimum atomic E-state index is -0.947. The second-order valence-corrected chi connectivity index (χ2v) is 17.2. The molecule has 0 aromatic carbocycles. The normalized spacial score (nSPS) is 11.7. The smallest absolute Gasteiger partial charge is 0.0723 e. The maximum Gasteiger partial charge on any atom is 0.0723 e. The van der Waals surface area contributed by atoms with E-state index in [9.17, 15) is 0 Å². The molecular formula is C30H34S5Si. The Morgan fingerprint density at radius 3 is 1.69 bits per heavy atom. The van der Waals surface area contributed by atoms with Crippen molar-refractivity contribution >= 4 is 70.7 Å². The molecule has 0 bridgehead atoms. The molecule has 0 unspecified atom stereocenters. The van der Waals surface area contributed by atoms with E-state index in [1.165, 1.54) is 73.3 Å². The van der Waals surface area contributed by atoms with E-state index in [1.807, 2.05) is 56.7 Å². The van der Waals surface area contributed by atoms with Crippen LogP contribution in [-0.2, 0) is 6.42 Å². The van der Waals surface area contributed by atoms with Crippen molar-refractivity contribution in [2.24, 2.45) is 0 Å². The molecule has 0 spiro atoms. The summed E-state index contributed by atoms with van der Waals surface area (Å²) in [7, 11) is -0.947. The summed E-state index contributed by atoms with van der Waals surface area (Å²) in [6.45, 7) is 7.09. The van der Waals surface area contributed by atoms with Gasteiger partial charge in [0.1, 0.15) is 0 Å². The largest absolute Gasteiger partial charge is 0.144 e. The third-order valence-corrected chi connectivity index (χ3v) is 16.0. The van der Waals surface area contributed by atoms with Crippen LogP contribution in [0.2, 0.25) is 12.1 Å². The molecule has 0 saturated heterocycles. The first-order chi connectivity index (χ1) is 17.8. The maximum atomic E-state index is 2.59. The molecular weight excluding hydrogens is 549 g/mol. The van der Waals surface area contributed by atoms with Gasteiger partial charge in [-0.2, -0.15) is 0 Å². The van der Waals surface area contributed by atoms with Crippen LogP contribution in [-0.4, -0.2) is 8.80 Å². The fraction of sp³-hybridized carbons (Fsp3) is 0.333. The highest BCUT2D eigenvalue weighted by Crippen LogP contribution is 2.55. The molecule has 36 heavy (non-hydrogen) atoms. The van der Waals surface area contributed by atoms with Crippen molar-refractivity contribution in [1.82, 2.24) is 0 Å². The van der Waals surface area contributed by atoms with Crippen molar-refractivity contribution in [3.05, 3.63) is 63.5 Å². The Balaban J connectivity index is 1.72. The standard InChI is InChI=1S/C30H34S5Si/c1-4-7-18-36(19-8-5-2)25-20-34-28(21(25)6-3)30-27(23-13-10-16-32-23)26(22-12-9-15-31-22)29(35-30)24-14-11-17-33-24/h9-17,20,36H,4-8,18-19H2,1-3H3. The Hall–Kier alpha value is -1.28. The summed E-state index contributed by atoms with van der Waals surface area (Å²) in [4.78, 5) is 8.66. The molecule has 0 amide bonds. The van der Waals surface area contributed by atoms with Crippen LogP contribution in [0.3, 0.4) is 0 Å². The lowest BCUT2D eigenvalue weighted by atomic mass is 10.0. The van der Waals surface area contributed by atoms with E-state index in [0.29, 0.717) is 0 Å². The SMILES string of the molecule is CCCC[SiH](CCCC)c1csc(-c2sc(-c3cccs3)c(-c3cccs3)c2-c2cccs2)c1CC. The van der Waals surface area contributed by atoms with Crippen molar-refractivity contribution in [2.45, 2.75) is 65.0 Å². The minimum Gasteiger partial charge on any atom is -0.144 e. The van der Waals surface area contributed by atoms with E-state index in [-0.39, 0.29) is 0 Å². The number of rotatable bonds is 12. The number of hydrogen-bond acceptors (Lipinski definition) is 5. The molecule has 0 aliphatic rings. The van der Waals surface area contributed by atoms with Gasteiger partial charge >= 0.3 is 0 Å². The summed E-state index contributed by atoms with van der Waals surface area (Å²) in [5.41, 5.74) is 4.57. The van der Waals surface area contributed by atoms with Gasteiger partial charge in [0.05, 0.1) is 18.6 Å². The van der Waals surface area contributed by atoms with Crippen molar-refractivity contribution in [1.29, 1.82) is 0 Å². The first kappa shape index (κ1) is 26.3. The molecule has 0 atom stereocenters. The number of hydrogen-bond donors (Lipinski definition) is 0. The Morgan fingerprint density at radius 2 is 1.19 bits per heavy atom. The molecule has 0 saturated carbocycles. The third-order valence-electron chi connectivity index (χ3n) is 6.93. The third kappa shape index (κ3) is 5.31. The van der Waals surface area contributed by atoms with Crippen LogP contribution in [0.4, 0.5) is 0 Å². The average molecular weight is 583 g/mol. The Labute approximate surface area is 237 Å². The summed E-state index contributed by atoms with van der Waals surface area (Å²) >= 11 is 9.69. The van der Waals surface area contributed by atoms with Crippen LogP contribution in [0.15, 0.2) is 57.9 Å². The zero-order chi connectivity index (χ0) is 24.9. The van der Waals surface area contributed by atoms with E-state index in [4.69, 9.17) is 0 Å². The molecule has 5 aromatic rings. The lowest BCUT2D eigenvalue weighted by Gasteiger charge is -2.16. The van der Waals surface area contributed by atoms with Gasteiger partial charge in [-0.1, -0.05) is 76.7 Å². The van der Waals surface area contributed by atoms with Gasteiger partial charge in [-0.05, 0) is 56.9 Å². The molecule has 0 aliphatic heterocycles. The first-order valence-corrected chi connectivity index (χ1v) is 19.7. The molecule has 6 heteroatoms.